The number of aromatic hydroxyl groups is 1. The van der Waals surface area contributed by atoms with E-state index in [1.165, 1.54) is 6.07 Å². The van der Waals surface area contributed by atoms with Crippen LogP contribution in [0.25, 0.3) is 0 Å². The van der Waals surface area contributed by atoms with Crippen molar-refractivity contribution in [3.63, 3.8) is 0 Å². The topological polar surface area (TPSA) is 61.4 Å². The van der Waals surface area contributed by atoms with E-state index < -0.39 is 11.7 Å². The lowest BCUT2D eigenvalue weighted by Crippen LogP contribution is -2.30. The van der Waals surface area contributed by atoms with Crippen molar-refractivity contribution in [2.24, 2.45) is 0 Å². The molecule has 5 heteroatoms. The minimum absolute atomic E-state index is 0.0764. The maximum atomic E-state index is 12.6. The Morgan fingerprint density at radius 1 is 1.47 bits per heavy atom. The summed E-state index contributed by atoms with van der Waals surface area (Å²) in [5, 5.41) is 14.7. The van der Waals surface area contributed by atoms with Gasteiger partial charge >= 0.3 is 0 Å². The van der Waals surface area contributed by atoms with E-state index in [-0.39, 0.29) is 11.3 Å². The SMILES string of the molecule is CNCCNC(=O)c1ccc(F)cc1O. The first kappa shape index (κ1) is 11.5. The van der Waals surface area contributed by atoms with Crippen molar-refractivity contribution in [1.29, 1.82) is 0 Å². The lowest BCUT2D eigenvalue weighted by atomic mass is 10.2. The fourth-order valence-corrected chi connectivity index (χ4v) is 1.09. The Balaban J connectivity index is 2.65. The van der Waals surface area contributed by atoms with Crippen LogP contribution in [0.1, 0.15) is 10.4 Å². The summed E-state index contributed by atoms with van der Waals surface area (Å²) < 4.78 is 12.6. The number of hydrogen-bond donors (Lipinski definition) is 3. The average Bonchev–Trinajstić information content (AvgIpc) is 2.17. The Hall–Kier alpha value is -1.62. The Morgan fingerprint density at radius 3 is 2.80 bits per heavy atom. The lowest BCUT2D eigenvalue weighted by Gasteiger charge is -2.06. The van der Waals surface area contributed by atoms with Gasteiger partial charge in [0.05, 0.1) is 5.56 Å². The maximum Gasteiger partial charge on any atom is 0.255 e. The number of nitrogens with one attached hydrogen (secondary N) is 2. The summed E-state index contributed by atoms with van der Waals surface area (Å²) in [4.78, 5) is 11.4. The first-order chi connectivity index (χ1) is 7.15. The molecule has 0 atom stereocenters. The summed E-state index contributed by atoms with van der Waals surface area (Å²) in [7, 11) is 1.77. The molecule has 0 heterocycles. The van der Waals surface area contributed by atoms with E-state index in [0.717, 1.165) is 12.1 Å². The van der Waals surface area contributed by atoms with Crippen LogP contribution in [0.4, 0.5) is 4.39 Å². The molecule has 4 nitrogen and oxygen atoms in total. The first-order valence-electron chi connectivity index (χ1n) is 4.56. The van der Waals surface area contributed by atoms with Crippen molar-refractivity contribution in [1.82, 2.24) is 10.6 Å². The number of benzene rings is 1. The first-order valence-corrected chi connectivity index (χ1v) is 4.56. The molecule has 0 aliphatic heterocycles. The molecule has 1 aromatic carbocycles. The number of carbonyl (C=O) groups is 1. The van der Waals surface area contributed by atoms with Gasteiger partial charge in [0, 0.05) is 19.2 Å². The molecule has 0 fully saturated rings. The molecular formula is C10H13FN2O2. The van der Waals surface area contributed by atoms with Gasteiger partial charge in [-0.05, 0) is 19.2 Å². The average molecular weight is 212 g/mol. The van der Waals surface area contributed by atoms with E-state index in [2.05, 4.69) is 10.6 Å². The molecule has 3 N–H and O–H groups in total. The maximum absolute atomic E-state index is 12.6. The lowest BCUT2D eigenvalue weighted by molar-refractivity contribution is 0.0951. The second-order valence-electron chi connectivity index (χ2n) is 3.02. The van der Waals surface area contributed by atoms with Gasteiger partial charge in [-0.1, -0.05) is 0 Å². The normalized spacial score (nSPS) is 10.0. The van der Waals surface area contributed by atoms with Crippen LogP contribution in [-0.2, 0) is 0 Å². The van der Waals surface area contributed by atoms with Crippen LogP contribution in [0.5, 0.6) is 5.75 Å². The molecule has 1 amide bonds. The molecule has 0 radical (unpaired) electrons. The summed E-state index contributed by atoms with van der Waals surface area (Å²) in [6.07, 6.45) is 0. The predicted molar refractivity (Wildman–Crippen MR) is 54.3 cm³/mol. The standard InChI is InChI=1S/C10H13FN2O2/c1-12-4-5-13-10(15)8-3-2-7(11)6-9(8)14/h2-3,6,12,14H,4-5H2,1H3,(H,13,15). The zero-order chi connectivity index (χ0) is 11.3. The minimum atomic E-state index is -0.570. The van der Waals surface area contributed by atoms with Crippen LogP contribution in [-0.4, -0.2) is 31.2 Å². The molecule has 15 heavy (non-hydrogen) atoms. The second-order valence-corrected chi connectivity index (χ2v) is 3.02. The molecule has 0 saturated carbocycles. The van der Waals surface area contributed by atoms with Crippen LogP contribution in [0, 0.1) is 5.82 Å². The summed E-state index contributed by atoms with van der Waals surface area (Å²) in [5.74, 6) is -1.33. The molecule has 0 aliphatic carbocycles. The van der Waals surface area contributed by atoms with Gasteiger partial charge in [-0.15, -0.1) is 0 Å². The molecule has 0 spiro atoms. The highest BCUT2D eigenvalue weighted by atomic mass is 19.1. The fourth-order valence-electron chi connectivity index (χ4n) is 1.09. The van der Waals surface area contributed by atoms with E-state index >= 15 is 0 Å². The van der Waals surface area contributed by atoms with Gasteiger partial charge in [0.15, 0.2) is 0 Å². The Bertz CT molecular complexity index is 355. The third-order valence-corrected chi connectivity index (χ3v) is 1.86. The Labute approximate surface area is 87.1 Å². The number of rotatable bonds is 4. The minimum Gasteiger partial charge on any atom is -0.507 e. The van der Waals surface area contributed by atoms with Crippen molar-refractivity contribution < 1.29 is 14.3 Å². The third kappa shape index (κ3) is 3.21. The van der Waals surface area contributed by atoms with Crippen LogP contribution >= 0.6 is 0 Å². The third-order valence-electron chi connectivity index (χ3n) is 1.86. The smallest absolute Gasteiger partial charge is 0.255 e. The van der Waals surface area contributed by atoms with Crippen LogP contribution in [0.2, 0.25) is 0 Å². The van der Waals surface area contributed by atoms with Crippen LogP contribution in [0.15, 0.2) is 18.2 Å². The van der Waals surface area contributed by atoms with Crippen molar-refractivity contribution in [3.05, 3.63) is 29.6 Å². The van der Waals surface area contributed by atoms with E-state index in [1.54, 1.807) is 7.05 Å². The summed E-state index contributed by atoms with van der Waals surface area (Å²) in [6, 6.07) is 3.29. The van der Waals surface area contributed by atoms with Crippen molar-refractivity contribution >= 4 is 5.91 Å². The van der Waals surface area contributed by atoms with E-state index in [4.69, 9.17) is 0 Å². The van der Waals surface area contributed by atoms with Crippen molar-refractivity contribution in [2.75, 3.05) is 20.1 Å². The molecule has 0 aromatic heterocycles. The van der Waals surface area contributed by atoms with Crippen LogP contribution < -0.4 is 10.6 Å². The van der Waals surface area contributed by atoms with Crippen molar-refractivity contribution in [2.45, 2.75) is 0 Å². The number of phenolic OH excluding ortho intramolecular Hbond substituents is 1. The van der Waals surface area contributed by atoms with Crippen molar-refractivity contribution in [3.8, 4) is 5.75 Å². The highest BCUT2D eigenvalue weighted by Gasteiger charge is 2.10. The molecule has 0 aliphatic rings. The Morgan fingerprint density at radius 2 is 2.20 bits per heavy atom. The van der Waals surface area contributed by atoms with Gasteiger partial charge in [0.1, 0.15) is 11.6 Å². The van der Waals surface area contributed by atoms with Gasteiger partial charge in [-0.25, -0.2) is 4.39 Å². The van der Waals surface area contributed by atoms with E-state index in [1.807, 2.05) is 0 Å². The summed E-state index contributed by atoms with van der Waals surface area (Å²) in [5.41, 5.74) is 0.0764. The molecule has 1 aromatic rings. The summed E-state index contributed by atoms with van der Waals surface area (Å²) in [6.45, 7) is 1.08. The fraction of sp³-hybridized carbons (Fsp3) is 0.300. The number of halogens is 1. The number of phenols is 1. The second kappa shape index (κ2) is 5.31. The largest absolute Gasteiger partial charge is 0.507 e. The van der Waals surface area contributed by atoms with Gasteiger partial charge < -0.3 is 15.7 Å². The molecule has 82 valence electrons. The quantitative estimate of drug-likeness (QED) is 0.636. The van der Waals surface area contributed by atoms with E-state index in [0.29, 0.717) is 13.1 Å². The number of amides is 1. The number of hydrogen-bond acceptors (Lipinski definition) is 3. The van der Waals surface area contributed by atoms with E-state index in [9.17, 15) is 14.3 Å². The zero-order valence-corrected chi connectivity index (χ0v) is 8.38. The van der Waals surface area contributed by atoms with Gasteiger partial charge in [-0.3, -0.25) is 4.79 Å². The molecular weight excluding hydrogens is 199 g/mol. The monoisotopic (exact) mass is 212 g/mol. The van der Waals surface area contributed by atoms with Gasteiger partial charge in [-0.2, -0.15) is 0 Å². The molecule has 0 saturated heterocycles. The molecule has 0 unspecified atom stereocenters. The Kier molecular flexibility index (Phi) is 4.05. The van der Waals surface area contributed by atoms with Gasteiger partial charge in [0.25, 0.3) is 5.91 Å². The summed E-state index contributed by atoms with van der Waals surface area (Å²) >= 11 is 0. The molecule has 0 bridgehead atoms. The highest BCUT2D eigenvalue weighted by Crippen LogP contribution is 2.17. The van der Waals surface area contributed by atoms with Crippen LogP contribution in [0.3, 0.4) is 0 Å². The van der Waals surface area contributed by atoms with Gasteiger partial charge in [0.2, 0.25) is 0 Å². The predicted octanol–water partition coefficient (Wildman–Crippen LogP) is 0.480. The highest BCUT2D eigenvalue weighted by molar-refractivity contribution is 5.96. The zero-order valence-electron chi connectivity index (χ0n) is 8.38. The number of likely N-dealkylation sites (N-methyl/N-ethyl adjacent to an activating group) is 1. The number of carbonyl (C=O) groups excluding carboxylic acids is 1. The molecule has 1 rings (SSSR count).